The van der Waals surface area contributed by atoms with Crippen molar-refractivity contribution in [3.63, 3.8) is 0 Å². The van der Waals surface area contributed by atoms with E-state index in [4.69, 9.17) is 11.6 Å². The van der Waals surface area contributed by atoms with Crippen molar-refractivity contribution in [2.45, 2.75) is 43.7 Å². The first-order valence-corrected chi connectivity index (χ1v) is 8.84. The molecule has 1 aromatic carbocycles. The van der Waals surface area contributed by atoms with Crippen molar-refractivity contribution >= 4 is 23.4 Å². The predicted molar refractivity (Wildman–Crippen MR) is 89.9 cm³/mol. The van der Waals surface area contributed by atoms with E-state index in [1.165, 1.54) is 29.1 Å². The Kier molecular flexibility index (Phi) is 6.21. The molecule has 1 aliphatic rings. The van der Waals surface area contributed by atoms with E-state index in [1.54, 1.807) is 0 Å². The Morgan fingerprint density at radius 2 is 2.30 bits per heavy atom. The highest BCUT2D eigenvalue weighted by Crippen LogP contribution is 2.37. The molecule has 112 valence electrons. The predicted octanol–water partition coefficient (Wildman–Crippen LogP) is 4.20. The molecule has 1 aliphatic heterocycles. The van der Waals surface area contributed by atoms with E-state index in [-0.39, 0.29) is 0 Å². The molecule has 0 saturated carbocycles. The van der Waals surface area contributed by atoms with Crippen molar-refractivity contribution in [1.82, 2.24) is 10.2 Å². The maximum absolute atomic E-state index is 6.14. The summed E-state index contributed by atoms with van der Waals surface area (Å²) in [5.74, 6) is 1.19. The third kappa shape index (κ3) is 4.14. The van der Waals surface area contributed by atoms with Gasteiger partial charge in [-0.1, -0.05) is 18.5 Å². The van der Waals surface area contributed by atoms with Crippen LogP contribution in [0.1, 0.15) is 38.3 Å². The van der Waals surface area contributed by atoms with Crippen LogP contribution in [0.2, 0.25) is 5.02 Å². The van der Waals surface area contributed by atoms with Gasteiger partial charge in [0, 0.05) is 35.1 Å². The van der Waals surface area contributed by atoms with Crippen molar-refractivity contribution in [2.24, 2.45) is 0 Å². The van der Waals surface area contributed by atoms with E-state index < -0.39 is 0 Å². The molecule has 0 fully saturated rings. The van der Waals surface area contributed by atoms with Gasteiger partial charge in [-0.05, 0) is 56.3 Å². The zero-order valence-electron chi connectivity index (χ0n) is 12.7. The minimum atomic E-state index is 0.454. The number of hydrogen-bond acceptors (Lipinski definition) is 3. The summed E-state index contributed by atoms with van der Waals surface area (Å²) in [5.41, 5.74) is 1.37. The molecule has 2 unspecified atom stereocenters. The summed E-state index contributed by atoms with van der Waals surface area (Å²) >= 11 is 8.08. The average molecular weight is 313 g/mol. The Morgan fingerprint density at radius 1 is 1.50 bits per heavy atom. The van der Waals surface area contributed by atoms with E-state index in [1.807, 2.05) is 17.8 Å². The molecule has 0 amide bonds. The number of hydrogen-bond donors (Lipinski definition) is 1. The highest BCUT2D eigenvalue weighted by Gasteiger charge is 2.20. The molecular weight excluding hydrogens is 288 g/mol. The Labute approximate surface area is 132 Å². The largest absolute Gasteiger partial charge is 0.309 e. The molecule has 1 aromatic rings. The molecular formula is C16H25ClN2S. The molecule has 0 saturated heterocycles. The molecule has 1 N–H and O–H groups in total. The van der Waals surface area contributed by atoms with Crippen molar-refractivity contribution in [2.75, 3.05) is 25.9 Å². The van der Waals surface area contributed by atoms with Crippen molar-refractivity contribution < 1.29 is 0 Å². The highest BCUT2D eigenvalue weighted by molar-refractivity contribution is 7.99. The lowest BCUT2D eigenvalue weighted by Gasteiger charge is -2.28. The minimum Gasteiger partial charge on any atom is -0.309 e. The van der Waals surface area contributed by atoms with Gasteiger partial charge in [-0.25, -0.2) is 0 Å². The number of nitrogens with one attached hydrogen (secondary N) is 1. The van der Waals surface area contributed by atoms with E-state index in [9.17, 15) is 0 Å². The molecule has 4 heteroatoms. The number of benzene rings is 1. The van der Waals surface area contributed by atoms with Gasteiger partial charge >= 0.3 is 0 Å². The smallest absolute Gasteiger partial charge is 0.0410 e. The number of fused-ring (bicyclic) bond motifs is 1. The fourth-order valence-corrected chi connectivity index (χ4v) is 3.81. The molecule has 0 spiro atoms. The highest BCUT2D eigenvalue weighted by atomic mass is 35.5. The molecule has 2 rings (SSSR count). The standard InChI is InChI=1S/C16H25ClN2S/c1-4-12(2)19(3)9-8-18-15-7-10-20-16-6-5-13(17)11-14(15)16/h5-6,11-12,15,18H,4,7-10H2,1-3H3. The average Bonchev–Trinajstić information content (AvgIpc) is 2.46. The SMILES string of the molecule is CCC(C)N(C)CCNC1CCSc2ccc(Cl)cc21. The van der Waals surface area contributed by atoms with Crippen molar-refractivity contribution in [3.05, 3.63) is 28.8 Å². The first kappa shape index (κ1) is 16.2. The fraction of sp³-hybridized carbons (Fsp3) is 0.625. The molecule has 2 atom stereocenters. The van der Waals surface area contributed by atoms with Crippen LogP contribution in [0.4, 0.5) is 0 Å². The zero-order chi connectivity index (χ0) is 14.5. The summed E-state index contributed by atoms with van der Waals surface area (Å²) in [6.45, 7) is 6.65. The van der Waals surface area contributed by atoms with Crippen LogP contribution in [0.25, 0.3) is 0 Å². The molecule has 2 nitrogen and oxygen atoms in total. The Morgan fingerprint density at radius 3 is 3.05 bits per heavy atom. The summed E-state index contributed by atoms with van der Waals surface area (Å²) in [5, 5.41) is 4.54. The van der Waals surface area contributed by atoms with Crippen LogP contribution in [-0.2, 0) is 0 Å². The zero-order valence-corrected chi connectivity index (χ0v) is 14.2. The van der Waals surface area contributed by atoms with Gasteiger partial charge in [0.2, 0.25) is 0 Å². The van der Waals surface area contributed by atoms with Gasteiger partial charge in [-0.3, -0.25) is 0 Å². The van der Waals surface area contributed by atoms with Gasteiger partial charge in [0.25, 0.3) is 0 Å². The third-order valence-electron chi connectivity index (χ3n) is 4.21. The Bertz CT molecular complexity index is 438. The topological polar surface area (TPSA) is 15.3 Å². The number of rotatable bonds is 6. The first-order valence-electron chi connectivity index (χ1n) is 7.47. The van der Waals surface area contributed by atoms with Crippen LogP contribution in [0.5, 0.6) is 0 Å². The van der Waals surface area contributed by atoms with Gasteiger partial charge in [0.15, 0.2) is 0 Å². The normalized spacial score (nSPS) is 19.9. The Hall–Kier alpha value is -0.220. The molecule has 0 aromatic heterocycles. The molecule has 0 bridgehead atoms. The van der Waals surface area contributed by atoms with Gasteiger partial charge in [0.05, 0.1) is 0 Å². The maximum Gasteiger partial charge on any atom is 0.0410 e. The van der Waals surface area contributed by atoms with Gasteiger partial charge in [-0.15, -0.1) is 11.8 Å². The molecule has 1 heterocycles. The number of nitrogens with zero attached hydrogens (tertiary/aromatic N) is 1. The van der Waals surface area contributed by atoms with Crippen LogP contribution >= 0.6 is 23.4 Å². The monoisotopic (exact) mass is 312 g/mol. The van der Waals surface area contributed by atoms with Crippen molar-refractivity contribution in [1.29, 1.82) is 0 Å². The second kappa shape index (κ2) is 7.69. The second-order valence-corrected chi connectivity index (χ2v) is 7.14. The summed E-state index contributed by atoms with van der Waals surface area (Å²) < 4.78 is 0. The van der Waals surface area contributed by atoms with E-state index in [0.717, 1.165) is 18.1 Å². The lowest BCUT2D eigenvalue weighted by Crippen LogP contribution is -2.36. The lowest BCUT2D eigenvalue weighted by atomic mass is 10.0. The van der Waals surface area contributed by atoms with E-state index >= 15 is 0 Å². The molecule has 0 radical (unpaired) electrons. The lowest BCUT2D eigenvalue weighted by molar-refractivity contribution is 0.247. The molecule has 0 aliphatic carbocycles. The summed E-state index contributed by atoms with van der Waals surface area (Å²) in [4.78, 5) is 3.80. The first-order chi connectivity index (χ1) is 9.61. The Balaban J connectivity index is 1.90. The summed E-state index contributed by atoms with van der Waals surface area (Å²) in [6.07, 6.45) is 2.39. The van der Waals surface area contributed by atoms with Crippen LogP contribution in [0.15, 0.2) is 23.1 Å². The fourth-order valence-electron chi connectivity index (χ4n) is 2.52. The van der Waals surface area contributed by atoms with Crippen molar-refractivity contribution in [3.8, 4) is 0 Å². The number of likely N-dealkylation sites (N-methyl/N-ethyl adjacent to an activating group) is 1. The van der Waals surface area contributed by atoms with Crippen LogP contribution in [0, 0.1) is 0 Å². The summed E-state index contributed by atoms with van der Waals surface area (Å²) in [6, 6.07) is 7.38. The quantitative estimate of drug-likeness (QED) is 0.847. The number of halogens is 1. The van der Waals surface area contributed by atoms with E-state index in [2.05, 4.69) is 43.2 Å². The van der Waals surface area contributed by atoms with E-state index in [0.29, 0.717) is 12.1 Å². The van der Waals surface area contributed by atoms with Crippen LogP contribution in [-0.4, -0.2) is 36.8 Å². The number of thioether (sulfide) groups is 1. The third-order valence-corrected chi connectivity index (χ3v) is 5.57. The maximum atomic E-state index is 6.14. The van der Waals surface area contributed by atoms with Crippen LogP contribution < -0.4 is 5.32 Å². The van der Waals surface area contributed by atoms with Crippen LogP contribution in [0.3, 0.4) is 0 Å². The molecule has 20 heavy (non-hydrogen) atoms. The second-order valence-electron chi connectivity index (χ2n) is 5.56. The minimum absolute atomic E-state index is 0.454. The van der Waals surface area contributed by atoms with Gasteiger partial charge in [-0.2, -0.15) is 0 Å². The summed E-state index contributed by atoms with van der Waals surface area (Å²) in [7, 11) is 2.21. The van der Waals surface area contributed by atoms with Gasteiger partial charge < -0.3 is 10.2 Å². The van der Waals surface area contributed by atoms with Gasteiger partial charge in [0.1, 0.15) is 0 Å².